The molecule has 0 spiro atoms. The van der Waals surface area contributed by atoms with Crippen molar-refractivity contribution in [3.8, 4) is 11.4 Å². The zero-order valence-corrected chi connectivity index (χ0v) is 18.4. The molecule has 0 radical (unpaired) electrons. The Morgan fingerprint density at radius 3 is 2.50 bits per heavy atom. The van der Waals surface area contributed by atoms with Crippen molar-refractivity contribution in [3.05, 3.63) is 53.9 Å². The summed E-state index contributed by atoms with van der Waals surface area (Å²) in [5.74, 6) is 1.68. The van der Waals surface area contributed by atoms with E-state index >= 15 is 0 Å². The van der Waals surface area contributed by atoms with E-state index in [4.69, 9.17) is 4.74 Å². The van der Waals surface area contributed by atoms with Crippen LogP contribution in [-0.4, -0.2) is 53.1 Å². The zero-order chi connectivity index (χ0) is 21.5. The van der Waals surface area contributed by atoms with Gasteiger partial charge in [0, 0.05) is 17.8 Å². The van der Waals surface area contributed by atoms with Gasteiger partial charge in [-0.05, 0) is 82.4 Å². The van der Waals surface area contributed by atoms with Gasteiger partial charge >= 0.3 is 0 Å². The number of imidazole rings is 1. The Morgan fingerprint density at radius 1 is 1.10 bits per heavy atom. The third kappa shape index (κ3) is 5.00. The molecule has 0 aliphatic carbocycles. The third-order valence-electron chi connectivity index (χ3n) is 5.32. The van der Waals surface area contributed by atoms with Crippen molar-refractivity contribution in [3.63, 3.8) is 0 Å². The van der Waals surface area contributed by atoms with Crippen LogP contribution in [0.2, 0.25) is 0 Å². The topological polar surface area (TPSA) is 59.4 Å². The average molecular weight is 409 g/mol. The van der Waals surface area contributed by atoms with E-state index in [0.29, 0.717) is 18.7 Å². The molecular weight excluding hydrogens is 376 g/mol. The number of carbonyl (C=O) groups is 1. The van der Waals surface area contributed by atoms with Crippen LogP contribution in [0.25, 0.3) is 16.7 Å². The van der Waals surface area contributed by atoms with E-state index in [2.05, 4.69) is 33.6 Å². The molecule has 1 heterocycles. The van der Waals surface area contributed by atoms with E-state index in [-0.39, 0.29) is 5.91 Å². The highest BCUT2D eigenvalue weighted by Gasteiger charge is 2.13. The van der Waals surface area contributed by atoms with Crippen LogP contribution >= 0.6 is 0 Å². The Morgan fingerprint density at radius 2 is 1.83 bits per heavy atom. The van der Waals surface area contributed by atoms with Crippen LogP contribution in [0.5, 0.6) is 5.75 Å². The first kappa shape index (κ1) is 21.8. The van der Waals surface area contributed by atoms with E-state index in [1.807, 2.05) is 56.3 Å². The largest absolute Gasteiger partial charge is 0.494 e. The number of benzene rings is 2. The van der Waals surface area contributed by atoms with Crippen LogP contribution in [-0.2, 0) is 0 Å². The van der Waals surface area contributed by atoms with Crippen molar-refractivity contribution in [1.82, 2.24) is 19.8 Å². The molecule has 30 heavy (non-hydrogen) atoms. The quantitative estimate of drug-likeness (QED) is 0.511. The summed E-state index contributed by atoms with van der Waals surface area (Å²) in [6.45, 7) is 12.7. The first-order valence-corrected chi connectivity index (χ1v) is 10.8. The van der Waals surface area contributed by atoms with Crippen molar-refractivity contribution in [1.29, 1.82) is 0 Å². The predicted octanol–water partition coefficient (Wildman–Crippen LogP) is 4.19. The molecule has 1 amide bonds. The number of amides is 1. The molecule has 3 rings (SSSR count). The van der Waals surface area contributed by atoms with Gasteiger partial charge in [-0.1, -0.05) is 13.8 Å². The molecule has 6 nitrogen and oxygen atoms in total. The molecule has 0 bridgehead atoms. The molecule has 6 heteroatoms. The van der Waals surface area contributed by atoms with Crippen LogP contribution in [0, 0.1) is 6.92 Å². The Hall–Kier alpha value is -2.86. The Labute approximate surface area is 178 Å². The predicted molar refractivity (Wildman–Crippen MR) is 122 cm³/mol. The number of aryl methyl sites for hydroxylation is 1. The number of hydrogen-bond acceptors (Lipinski definition) is 4. The monoisotopic (exact) mass is 408 g/mol. The van der Waals surface area contributed by atoms with Gasteiger partial charge in [-0.15, -0.1) is 0 Å². The number of ether oxygens (including phenoxy) is 1. The smallest absolute Gasteiger partial charge is 0.251 e. The van der Waals surface area contributed by atoms with E-state index in [1.54, 1.807) is 0 Å². The summed E-state index contributed by atoms with van der Waals surface area (Å²) in [7, 11) is 0. The maximum Gasteiger partial charge on any atom is 0.251 e. The molecule has 0 aliphatic rings. The second-order valence-corrected chi connectivity index (χ2v) is 7.26. The van der Waals surface area contributed by atoms with Gasteiger partial charge < -0.3 is 15.0 Å². The number of nitrogens with zero attached hydrogens (tertiary/aromatic N) is 3. The van der Waals surface area contributed by atoms with Crippen molar-refractivity contribution < 1.29 is 9.53 Å². The standard InChI is InChI=1S/C24H32N4O2/c1-5-27(6-2)16-8-15-25-24(29)19-9-14-23-22(17-19)26-18(4)28(23)20-10-12-21(13-11-20)30-7-3/h9-14,17H,5-8,15-16H2,1-4H3,(H,25,29). The number of nitrogens with one attached hydrogen (secondary N) is 1. The molecule has 0 unspecified atom stereocenters. The average Bonchev–Trinajstić information content (AvgIpc) is 3.09. The Kier molecular flexibility index (Phi) is 7.46. The van der Waals surface area contributed by atoms with Crippen molar-refractivity contribution in [2.24, 2.45) is 0 Å². The molecule has 0 saturated carbocycles. The van der Waals surface area contributed by atoms with Gasteiger partial charge in [-0.3, -0.25) is 9.36 Å². The van der Waals surface area contributed by atoms with Crippen molar-refractivity contribution in [2.75, 3.05) is 32.8 Å². The summed E-state index contributed by atoms with van der Waals surface area (Å²) in [5.41, 5.74) is 3.46. The second kappa shape index (κ2) is 10.3. The van der Waals surface area contributed by atoms with Crippen LogP contribution in [0.1, 0.15) is 43.4 Å². The third-order valence-corrected chi connectivity index (χ3v) is 5.32. The summed E-state index contributed by atoms with van der Waals surface area (Å²) in [6.07, 6.45) is 0.946. The van der Waals surface area contributed by atoms with Gasteiger partial charge in [-0.2, -0.15) is 0 Å². The molecule has 0 aliphatic heterocycles. The fourth-order valence-electron chi connectivity index (χ4n) is 3.67. The SMILES string of the molecule is CCOc1ccc(-n2c(C)nc3cc(C(=O)NCCCN(CC)CC)ccc32)cc1. The normalized spacial score (nSPS) is 11.2. The van der Waals surface area contributed by atoms with Crippen LogP contribution in [0.4, 0.5) is 0 Å². The summed E-state index contributed by atoms with van der Waals surface area (Å²) >= 11 is 0. The van der Waals surface area contributed by atoms with Crippen molar-refractivity contribution >= 4 is 16.9 Å². The van der Waals surface area contributed by atoms with Gasteiger partial charge in [-0.25, -0.2) is 4.98 Å². The summed E-state index contributed by atoms with van der Waals surface area (Å²) in [6, 6.07) is 13.7. The molecule has 1 aromatic heterocycles. The minimum Gasteiger partial charge on any atom is -0.494 e. The van der Waals surface area contributed by atoms with Crippen molar-refractivity contribution in [2.45, 2.75) is 34.1 Å². The van der Waals surface area contributed by atoms with Gasteiger partial charge in [0.25, 0.3) is 5.91 Å². The molecule has 3 aromatic rings. The Bertz CT molecular complexity index is 975. The van der Waals surface area contributed by atoms with Gasteiger partial charge in [0.2, 0.25) is 0 Å². The summed E-state index contributed by atoms with van der Waals surface area (Å²) < 4.78 is 7.63. The minimum atomic E-state index is -0.0512. The molecular formula is C24H32N4O2. The molecule has 0 fully saturated rings. The lowest BCUT2D eigenvalue weighted by Crippen LogP contribution is -2.29. The number of fused-ring (bicyclic) bond motifs is 1. The summed E-state index contributed by atoms with van der Waals surface area (Å²) in [5, 5.41) is 3.02. The Balaban J connectivity index is 1.72. The number of hydrogen-bond donors (Lipinski definition) is 1. The number of rotatable bonds is 10. The van der Waals surface area contributed by atoms with E-state index < -0.39 is 0 Å². The van der Waals surface area contributed by atoms with Crippen LogP contribution in [0.15, 0.2) is 42.5 Å². The number of aromatic nitrogens is 2. The lowest BCUT2D eigenvalue weighted by atomic mass is 10.2. The van der Waals surface area contributed by atoms with Crippen LogP contribution < -0.4 is 10.1 Å². The molecule has 0 atom stereocenters. The van der Waals surface area contributed by atoms with E-state index in [1.165, 1.54) is 0 Å². The zero-order valence-electron chi connectivity index (χ0n) is 18.4. The molecule has 160 valence electrons. The maximum atomic E-state index is 12.6. The van der Waals surface area contributed by atoms with Crippen LogP contribution in [0.3, 0.4) is 0 Å². The van der Waals surface area contributed by atoms with Gasteiger partial charge in [0.05, 0.1) is 17.6 Å². The fraction of sp³-hybridized carbons (Fsp3) is 0.417. The lowest BCUT2D eigenvalue weighted by Gasteiger charge is -2.17. The fourth-order valence-corrected chi connectivity index (χ4v) is 3.67. The minimum absolute atomic E-state index is 0.0512. The van der Waals surface area contributed by atoms with Gasteiger partial charge in [0.1, 0.15) is 11.6 Å². The highest BCUT2D eigenvalue weighted by atomic mass is 16.5. The number of carbonyl (C=O) groups excluding carboxylic acids is 1. The molecule has 0 saturated heterocycles. The van der Waals surface area contributed by atoms with E-state index in [0.717, 1.165) is 54.3 Å². The molecule has 1 N–H and O–H groups in total. The highest BCUT2D eigenvalue weighted by Crippen LogP contribution is 2.24. The van der Waals surface area contributed by atoms with Gasteiger partial charge in [0.15, 0.2) is 0 Å². The highest BCUT2D eigenvalue weighted by molar-refractivity contribution is 5.97. The second-order valence-electron chi connectivity index (χ2n) is 7.26. The maximum absolute atomic E-state index is 12.6. The summed E-state index contributed by atoms with van der Waals surface area (Å²) in [4.78, 5) is 19.6. The van der Waals surface area contributed by atoms with E-state index in [9.17, 15) is 4.79 Å². The first-order valence-electron chi connectivity index (χ1n) is 10.8. The molecule has 2 aromatic carbocycles. The lowest BCUT2D eigenvalue weighted by molar-refractivity contribution is 0.0952. The first-order chi connectivity index (χ1) is 14.6.